The van der Waals surface area contributed by atoms with Crippen molar-refractivity contribution in [1.29, 1.82) is 0 Å². The first-order valence-corrected chi connectivity index (χ1v) is 6.60. The van der Waals surface area contributed by atoms with Gasteiger partial charge in [-0.15, -0.1) is 0 Å². The quantitative estimate of drug-likeness (QED) is 0.669. The average molecular weight is 304 g/mol. The highest BCUT2D eigenvalue weighted by atomic mass is 16.9. The van der Waals surface area contributed by atoms with Crippen molar-refractivity contribution in [2.45, 2.75) is 50.5 Å². The number of rotatable bonds is 4. The second-order valence-corrected chi connectivity index (χ2v) is 4.97. The molecule has 3 saturated heterocycles. The predicted molar refractivity (Wildman–Crippen MR) is 61.9 cm³/mol. The molecule has 0 amide bonds. The highest BCUT2D eigenvalue weighted by Crippen LogP contribution is 2.45. The lowest BCUT2D eigenvalue weighted by Gasteiger charge is -2.38. The molecule has 9 nitrogen and oxygen atoms in total. The fourth-order valence-corrected chi connectivity index (χ4v) is 2.76. The number of carbonyl (C=O) groups excluding carboxylic acids is 1. The zero-order valence-electron chi connectivity index (χ0n) is 11.5. The molecule has 1 unspecified atom stereocenters. The largest absolute Gasteiger partial charge is 0.479 e. The van der Waals surface area contributed by atoms with Gasteiger partial charge in [0.15, 0.2) is 12.4 Å². The molecule has 0 aromatic carbocycles. The smallest absolute Gasteiger partial charge is 0.341 e. The Kier molecular flexibility index (Phi) is 3.62. The lowest BCUT2D eigenvalue weighted by atomic mass is 9.89. The Morgan fingerprint density at radius 1 is 1.38 bits per heavy atom. The van der Waals surface area contributed by atoms with Gasteiger partial charge in [0.25, 0.3) is 6.48 Å². The minimum absolute atomic E-state index is 0.214. The van der Waals surface area contributed by atoms with Crippen LogP contribution in [0.3, 0.4) is 0 Å². The molecule has 0 aromatic heterocycles. The maximum Gasteiger partial charge on any atom is 0.341 e. The molecule has 3 fully saturated rings. The van der Waals surface area contributed by atoms with Crippen molar-refractivity contribution in [2.75, 3.05) is 13.2 Å². The van der Waals surface area contributed by atoms with E-state index in [0.717, 1.165) is 0 Å². The molecule has 0 aliphatic carbocycles. The highest BCUT2D eigenvalue weighted by molar-refractivity contribution is 5.79. The molecule has 0 aromatic rings. The number of carboxylic acids is 1. The molecular weight excluding hydrogens is 288 g/mol. The van der Waals surface area contributed by atoms with Crippen LogP contribution in [0.4, 0.5) is 0 Å². The molecule has 118 valence electrons. The van der Waals surface area contributed by atoms with E-state index >= 15 is 0 Å². The standard InChI is InChI=1S/C12H16O9/c1-3-16-11-19-6-7(18-5(2)13)9-17-4-12(21-9,10(14)15)8(6)20-11/h6-9,11H,3-4H2,1-2H3,(H,14,15)/t6-,7-,8-,9+,11?,12+/m1/s1. The van der Waals surface area contributed by atoms with Crippen LogP contribution in [0.25, 0.3) is 0 Å². The summed E-state index contributed by atoms with van der Waals surface area (Å²) in [6, 6.07) is 0. The minimum atomic E-state index is -1.68. The summed E-state index contributed by atoms with van der Waals surface area (Å²) in [5, 5.41) is 9.46. The monoisotopic (exact) mass is 304 g/mol. The van der Waals surface area contributed by atoms with E-state index in [-0.39, 0.29) is 6.61 Å². The molecule has 6 atom stereocenters. The van der Waals surface area contributed by atoms with Crippen LogP contribution in [0.15, 0.2) is 0 Å². The number of carboxylic acid groups (broad SMARTS) is 1. The van der Waals surface area contributed by atoms with Gasteiger partial charge in [-0.2, -0.15) is 0 Å². The van der Waals surface area contributed by atoms with Crippen LogP contribution in [0.1, 0.15) is 13.8 Å². The third-order valence-corrected chi connectivity index (χ3v) is 3.63. The summed E-state index contributed by atoms with van der Waals surface area (Å²) < 4.78 is 32.1. The highest BCUT2D eigenvalue weighted by Gasteiger charge is 2.69. The van der Waals surface area contributed by atoms with Crippen LogP contribution in [-0.4, -0.2) is 66.9 Å². The molecule has 3 aliphatic rings. The number of hydrogen-bond acceptors (Lipinski definition) is 8. The Morgan fingerprint density at radius 2 is 2.14 bits per heavy atom. The third kappa shape index (κ3) is 2.21. The zero-order chi connectivity index (χ0) is 15.2. The van der Waals surface area contributed by atoms with Crippen LogP contribution in [0.5, 0.6) is 0 Å². The Balaban J connectivity index is 1.89. The van der Waals surface area contributed by atoms with Crippen molar-refractivity contribution in [1.82, 2.24) is 0 Å². The van der Waals surface area contributed by atoms with Crippen molar-refractivity contribution in [3.63, 3.8) is 0 Å². The second-order valence-electron chi connectivity index (χ2n) is 4.97. The maximum atomic E-state index is 11.6. The van der Waals surface area contributed by atoms with Crippen LogP contribution in [-0.2, 0) is 38.0 Å². The molecular formula is C12H16O9. The molecule has 0 spiro atoms. The summed E-state index contributed by atoms with van der Waals surface area (Å²) in [6.45, 7) is 2.06. The van der Waals surface area contributed by atoms with Gasteiger partial charge in [-0.3, -0.25) is 4.79 Å². The van der Waals surface area contributed by atoms with E-state index in [2.05, 4.69) is 0 Å². The lowest BCUT2D eigenvalue weighted by molar-refractivity contribution is -0.249. The number of ether oxygens (including phenoxy) is 6. The molecule has 3 aliphatic heterocycles. The molecule has 21 heavy (non-hydrogen) atoms. The molecule has 1 N–H and O–H groups in total. The van der Waals surface area contributed by atoms with Gasteiger partial charge < -0.3 is 33.5 Å². The van der Waals surface area contributed by atoms with Gasteiger partial charge in [-0.25, -0.2) is 4.79 Å². The lowest BCUT2D eigenvalue weighted by Crippen LogP contribution is -2.63. The Hall–Kier alpha value is -1.26. The summed E-state index contributed by atoms with van der Waals surface area (Å²) in [5.74, 6) is -1.77. The summed E-state index contributed by atoms with van der Waals surface area (Å²) in [7, 11) is 0. The van der Waals surface area contributed by atoms with E-state index in [9.17, 15) is 14.7 Å². The van der Waals surface area contributed by atoms with Gasteiger partial charge in [0.05, 0.1) is 6.61 Å². The van der Waals surface area contributed by atoms with Gasteiger partial charge >= 0.3 is 11.9 Å². The first-order chi connectivity index (χ1) is 9.98. The zero-order valence-corrected chi connectivity index (χ0v) is 11.5. The van der Waals surface area contributed by atoms with Gasteiger partial charge in [-0.05, 0) is 6.92 Å². The van der Waals surface area contributed by atoms with Gasteiger partial charge in [0, 0.05) is 13.5 Å². The Labute approximate surface area is 120 Å². The van der Waals surface area contributed by atoms with E-state index < -0.39 is 48.6 Å². The van der Waals surface area contributed by atoms with E-state index in [1.807, 2.05) is 0 Å². The van der Waals surface area contributed by atoms with Crippen LogP contribution in [0, 0.1) is 0 Å². The third-order valence-electron chi connectivity index (χ3n) is 3.63. The number of esters is 1. The summed E-state index contributed by atoms with van der Waals surface area (Å²) in [5.41, 5.74) is -1.68. The number of fused-ring (bicyclic) bond motifs is 4. The fraction of sp³-hybridized carbons (Fsp3) is 0.833. The first-order valence-electron chi connectivity index (χ1n) is 6.60. The number of carbonyl (C=O) groups is 2. The van der Waals surface area contributed by atoms with Gasteiger partial charge in [0.1, 0.15) is 12.2 Å². The molecule has 0 saturated carbocycles. The predicted octanol–water partition coefficient (Wildman–Crippen LogP) is -0.768. The van der Waals surface area contributed by atoms with Crippen molar-refractivity contribution in [3.05, 3.63) is 0 Å². The Bertz CT molecular complexity index is 452. The SMILES string of the molecule is CCOC1O[C@@H]2[C@@H](OC(C)=O)[C@H]3OC[C@](C(=O)O)(O3)[C@@H]2O1. The van der Waals surface area contributed by atoms with Crippen molar-refractivity contribution in [3.8, 4) is 0 Å². The molecule has 2 bridgehead atoms. The molecule has 3 rings (SSSR count). The van der Waals surface area contributed by atoms with E-state index in [1.54, 1.807) is 6.92 Å². The first kappa shape index (κ1) is 14.7. The van der Waals surface area contributed by atoms with Crippen molar-refractivity contribution in [2.24, 2.45) is 0 Å². The van der Waals surface area contributed by atoms with E-state index in [1.165, 1.54) is 6.92 Å². The van der Waals surface area contributed by atoms with Crippen molar-refractivity contribution < 1.29 is 43.1 Å². The van der Waals surface area contributed by atoms with E-state index in [0.29, 0.717) is 6.61 Å². The van der Waals surface area contributed by atoms with Gasteiger partial charge in [-0.1, -0.05) is 0 Å². The van der Waals surface area contributed by atoms with Crippen LogP contribution < -0.4 is 0 Å². The average Bonchev–Trinajstić information content (AvgIpc) is 2.99. The van der Waals surface area contributed by atoms with Crippen LogP contribution in [0.2, 0.25) is 0 Å². The van der Waals surface area contributed by atoms with Crippen LogP contribution >= 0.6 is 0 Å². The summed E-state index contributed by atoms with van der Waals surface area (Å²) in [6.07, 6.45) is -3.74. The maximum absolute atomic E-state index is 11.6. The van der Waals surface area contributed by atoms with Crippen molar-refractivity contribution >= 4 is 11.9 Å². The molecule has 3 heterocycles. The van der Waals surface area contributed by atoms with E-state index in [4.69, 9.17) is 28.4 Å². The second kappa shape index (κ2) is 5.18. The topological polar surface area (TPSA) is 110 Å². The Morgan fingerprint density at radius 3 is 2.76 bits per heavy atom. The normalized spacial score (nSPS) is 44.4. The summed E-state index contributed by atoms with van der Waals surface area (Å²) >= 11 is 0. The minimum Gasteiger partial charge on any atom is -0.479 e. The fourth-order valence-electron chi connectivity index (χ4n) is 2.76. The van der Waals surface area contributed by atoms with Gasteiger partial charge in [0.2, 0.25) is 5.60 Å². The molecule has 9 heteroatoms. The number of hydrogen-bond donors (Lipinski definition) is 1. The summed E-state index contributed by atoms with van der Waals surface area (Å²) in [4.78, 5) is 22.8. The molecule has 0 radical (unpaired) electrons. The number of aliphatic carboxylic acids is 1.